The quantitative estimate of drug-likeness (QED) is 0.362. The first-order valence-electron chi connectivity index (χ1n) is 6.88. The molecule has 1 heteroatoms. The Kier molecular flexibility index (Phi) is 7.05. The molecule has 20 heavy (non-hydrogen) atoms. The summed E-state index contributed by atoms with van der Waals surface area (Å²) in [5, 5.41) is 0. The lowest BCUT2D eigenvalue weighted by Crippen LogP contribution is -2.03. The van der Waals surface area contributed by atoms with Gasteiger partial charge in [0.05, 0.1) is 0 Å². The topological polar surface area (TPSA) is 17.1 Å². The van der Waals surface area contributed by atoms with Gasteiger partial charge in [-0.25, -0.2) is 0 Å². The molecule has 0 amide bonds. The molecule has 0 radical (unpaired) electrons. The van der Waals surface area contributed by atoms with Gasteiger partial charge in [-0.05, 0) is 43.4 Å². The molecule has 0 atom stereocenters. The Morgan fingerprint density at radius 1 is 1.25 bits per heavy atom. The fourth-order valence-corrected chi connectivity index (χ4v) is 1.88. The number of carbonyl (C=O) groups excluding carboxylic acids is 1. The maximum absolute atomic E-state index is 12.2. The lowest BCUT2D eigenvalue weighted by molar-refractivity contribution is -0.112. The highest BCUT2D eigenvalue weighted by atomic mass is 16.1. The largest absolute Gasteiger partial charge is 0.289 e. The first kappa shape index (κ1) is 15.9. The average molecular weight is 266 g/mol. The maximum atomic E-state index is 12.2. The van der Waals surface area contributed by atoms with Crippen LogP contribution in [-0.4, -0.2) is 5.78 Å². The zero-order valence-corrected chi connectivity index (χ0v) is 12.1. The number of hydrogen-bond acceptors (Lipinski definition) is 1. The van der Waals surface area contributed by atoms with E-state index in [1.54, 1.807) is 13.0 Å². The van der Waals surface area contributed by atoms with Crippen LogP contribution in [0.25, 0.3) is 6.08 Å². The van der Waals surface area contributed by atoms with Crippen LogP contribution in [0.15, 0.2) is 72.9 Å². The minimum Gasteiger partial charge on any atom is -0.289 e. The van der Waals surface area contributed by atoms with E-state index in [0.29, 0.717) is 5.57 Å². The predicted molar refractivity (Wildman–Crippen MR) is 87.4 cm³/mol. The SMILES string of the molecule is C=C/C=C/CCC/C(=C\c1ccccc1)C(=O)C(=C)C. The van der Waals surface area contributed by atoms with Crippen LogP contribution in [0.4, 0.5) is 0 Å². The van der Waals surface area contributed by atoms with Gasteiger partial charge in [0.25, 0.3) is 0 Å². The van der Waals surface area contributed by atoms with Gasteiger partial charge in [-0.2, -0.15) is 0 Å². The molecule has 0 saturated carbocycles. The number of unbranched alkanes of at least 4 members (excludes halogenated alkanes) is 1. The molecule has 0 N–H and O–H groups in total. The molecular weight excluding hydrogens is 244 g/mol. The van der Waals surface area contributed by atoms with E-state index in [1.165, 1.54) is 0 Å². The Labute approximate surface area is 122 Å². The number of allylic oxidation sites excluding steroid dienone is 5. The lowest BCUT2D eigenvalue weighted by Gasteiger charge is -2.06. The van der Waals surface area contributed by atoms with Crippen molar-refractivity contribution in [1.82, 2.24) is 0 Å². The second-order valence-electron chi connectivity index (χ2n) is 4.75. The summed E-state index contributed by atoms with van der Waals surface area (Å²) in [5.41, 5.74) is 2.48. The van der Waals surface area contributed by atoms with Crippen molar-refractivity contribution < 1.29 is 4.79 Å². The first-order valence-corrected chi connectivity index (χ1v) is 6.88. The monoisotopic (exact) mass is 266 g/mol. The Bertz CT molecular complexity index is 518. The van der Waals surface area contributed by atoms with Gasteiger partial charge in [-0.15, -0.1) is 0 Å². The molecule has 104 valence electrons. The normalized spacial score (nSPS) is 11.6. The Hall–Kier alpha value is -2.15. The third-order valence-electron chi connectivity index (χ3n) is 2.91. The van der Waals surface area contributed by atoms with Gasteiger partial charge in [0.1, 0.15) is 0 Å². The summed E-state index contributed by atoms with van der Waals surface area (Å²) in [6, 6.07) is 9.92. The minimum atomic E-state index is 0.0570. The van der Waals surface area contributed by atoms with E-state index in [0.717, 1.165) is 30.4 Å². The molecule has 0 saturated heterocycles. The van der Waals surface area contributed by atoms with Crippen molar-refractivity contribution in [3.05, 3.63) is 78.4 Å². The van der Waals surface area contributed by atoms with Crippen LogP contribution in [0, 0.1) is 0 Å². The Morgan fingerprint density at radius 2 is 1.95 bits per heavy atom. The third kappa shape index (κ3) is 5.66. The van der Waals surface area contributed by atoms with E-state index in [1.807, 2.05) is 42.5 Å². The van der Waals surface area contributed by atoms with Crippen LogP contribution in [0.5, 0.6) is 0 Å². The molecule has 1 nitrogen and oxygen atoms in total. The molecule has 1 rings (SSSR count). The van der Waals surface area contributed by atoms with E-state index in [-0.39, 0.29) is 5.78 Å². The summed E-state index contributed by atoms with van der Waals surface area (Å²) in [6.45, 7) is 9.16. The van der Waals surface area contributed by atoms with Crippen molar-refractivity contribution in [2.24, 2.45) is 0 Å². The molecule has 0 aliphatic heterocycles. The van der Waals surface area contributed by atoms with Gasteiger partial charge >= 0.3 is 0 Å². The van der Waals surface area contributed by atoms with Crippen molar-refractivity contribution in [1.29, 1.82) is 0 Å². The van der Waals surface area contributed by atoms with Crippen LogP contribution >= 0.6 is 0 Å². The van der Waals surface area contributed by atoms with Crippen molar-refractivity contribution in [2.45, 2.75) is 26.2 Å². The minimum absolute atomic E-state index is 0.0570. The van der Waals surface area contributed by atoms with Gasteiger partial charge in [0.2, 0.25) is 0 Å². The number of ketones is 1. The van der Waals surface area contributed by atoms with Crippen LogP contribution in [0.3, 0.4) is 0 Å². The van der Waals surface area contributed by atoms with Gasteiger partial charge in [-0.3, -0.25) is 4.79 Å². The molecule has 0 aliphatic rings. The predicted octanol–water partition coefficient (Wildman–Crippen LogP) is 5.13. The van der Waals surface area contributed by atoms with Crippen LogP contribution < -0.4 is 0 Å². The average Bonchev–Trinajstić information content (AvgIpc) is 2.46. The molecule has 0 fully saturated rings. The summed E-state index contributed by atoms with van der Waals surface area (Å²) < 4.78 is 0. The van der Waals surface area contributed by atoms with Crippen molar-refractivity contribution >= 4 is 11.9 Å². The third-order valence-corrected chi connectivity index (χ3v) is 2.91. The van der Waals surface area contributed by atoms with Gasteiger partial charge in [0, 0.05) is 5.57 Å². The first-order chi connectivity index (χ1) is 9.65. The number of Topliss-reactive ketones (excluding diaryl/α,β-unsaturated/α-hetero) is 1. The molecule has 1 aromatic rings. The lowest BCUT2D eigenvalue weighted by atomic mass is 9.98. The van der Waals surface area contributed by atoms with E-state index in [4.69, 9.17) is 0 Å². The molecular formula is C19H22O. The highest BCUT2D eigenvalue weighted by Gasteiger charge is 2.09. The Morgan fingerprint density at radius 3 is 2.55 bits per heavy atom. The van der Waals surface area contributed by atoms with Crippen LogP contribution in [0.2, 0.25) is 0 Å². The number of benzene rings is 1. The summed E-state index contributed by atoms with van der Waals surface area (Å²) >= 11 is 0. The van der Waals surface area contributed by atoms with Crippen LogP contribution in [-0.2, 0) is 4.79 Å². The standard InChI is InChI=1S/C19H22O/c1-4-5-6-7-11-14-18(19(20)16(2)3)15-17-12-9-8-10-13-17/h4-6,8-10,12-13,15H,1-2,7,11,14H2,3H3/b6-5+,18-15+. The van der Waals surface area contributed by atoms with Crippen molar-refractivity contribution in [2.75, 3.05) is 0 Å². The molecule has 0 aromatic heterocycles. The maximum Gasteiger partial charge on any atom is 0.184 e. The van der Waals surface area contributed by atoms with E-state index in [2.05, 4.69) is 19.2 Å². The highest BCUT2D eigenvalue weighted by molar-refractivity contribution is 6.10. The van der Waals surface area contributed by atoms with Crippen LogP contribution in [0.1, 0.15) is 31.7 Å². The summed E-state index contributed by atoms with van der Waals surface area (Å²) in [4.78, 5) is 12.2. The number of carbonyl (C=O) groups is 1. The van der Waals surface area contributed by atoms with Gasteiger partial charge in [0.15, 0.2) is 5.78 Å². The highest BCUT2D eigenvalue weighted by Crippen LogP contribution is 2.17. The molecule has 0 bridgehead atoms. The zero-order valence-electron chi connectivity index (χ0n) is 12.1. The summed E-state index contributed by atoms with van der Waals surface area (Å²) in [7, 11) is 0. The molecule has 0 aliphatic carbocycles. The van der Waals surface area contributed by atoms with E-state index in [9.17, 15) is 4.79 Å². The fraction of sp³-hybridized carbons (Fsp3) is 0.211. The second kappa shape index (κ2) is 8.87. The second-order valence-corrected chi connectivity index (χ2v) is 4.75. The summed E-state index contributed by atoms with van der Waals surface area (Å²) in [6.07, 6.45) is 10.4. The zero-order chi connectivity index (χ0) is 14.8. The Balaban J connectivity index is 2.78. The van der Waals surface area contributed by atoms with Crippen molar-refractivity contribution in [3.8, 4) is 0 Å². The fourth-order valence-electron chi connectivity index (χ4n) is 1.88. The van der Waals surface area contributed by atoms with Crippen molar-refractivity contribution in [3.63, 3.8) is 0 Å². The molecule has 0 heterocycles. The molecule has 1 aromatic carbocycles. The molecule has 0 unspecified atom stereocenters. The van der Waals surface area contributed by atoms with E-state index >= 15 is 0 Å². The summed E-state index contributed by atoms with van der Waals surface area (Å²) in [5.74, 6) is 0.0570. The number of hydrogen-bond donors (Lipinski definition) is 0. The molecule has 0 spiro atoms. The van der Waals surface area contributed by atoms with E-state index < -0.39 is 0 Å². The van der Waals surface area contributed by atoms with Gasteiger partial charge in [-0.1, -0.05) is 61.7 Å². The smallest absolute Gasteiger partial charge is 0.184 e. The number of rotatable bonds is 8. The van der Waals surface area contributed by atoms with Gasteiger partial charge < -0.3 is 0 Å².